The van der Waals surface area contributed by atoms with Crippen LogP contribution in [0.4, 0.5) is 5.69 Å². The van der Waals surface area contributed by atoms with Crippen molar-refractivity contribution in [2.45, 2.75) is 45.6 Å². The molecule has 0 aliphatic carbocycles. The first-order chi connectivity index (χ1) is 11.1. The molecule has 0 aromatic heterocycles. The summed E-state index contributed by atoms with van der Waals surface area (Å²) in [5.41, 5.74) is 2.00. The van der Waals surface area contributed by atoms with Crippen LogP contribution in [0.25, 0.3) is 0 Å². The van der Waals surface area contributed by atoms with Gasteiger partial charge in [-0.1, -0.05) is 18.2 Å². The molecule has 2 rings (SSSR count). The number of hydrogen-bond donors (Lipinski definition) is 1. The Labute approximate surface area is 138 Å². The van der Waals surface area contributed by atoms with Gasteiger partial charge < -0.3 is 10.1 Å². The molecule has 0 saturated carbocycles. The first-order valence-corrected chi connectivity index (χ1v) is 8.40. The Morgan fingerprint density at radius 1 is 1.35 bits per heavy atom. The van der Waals surface area contributed by atoms with Gasteiger partial charge in [0.25, 0.3) is 0 Å². The van der Waals surface area contributed by atoms with Crippen molar-refractivity contribution in [3.63, 3.8) is 0 Å². The predicted molar refractivity (Wildman–Crippen MR) is 90.4 cm³/mol. The molecule has 0 unspecified atom stereocenters. The van der Waals surface area contributed by atoms with Crippen molar-refractivity contribution >= 4 is 17.5 Å². The Kier molecular flexibility index (Phi) is 6.59. The van der Waals surface area contributed by atoms with E-state index in [-0.39, 0.29) is 11.8 Å². The number of nitrogens with one attached hydrogen (secondary N) is 1. The number of nitrogens with zero attached hydrogens (tertiary/aromatic N) is 1. The van der Waals surface area contributed by atoms with Crippen LogP contribution in [0.1, 0.15) is 38.7 Å². The van der Waals surface area contributed by atoms with Gasteiger partial charge in [0.15, 0.2) is 0 Å². The summed E-state index contributed by atoms with van der Waals surface area (Å²) in [5, 5.41) is 2.90. The highest BCUT2D eigenvalue weighted by molar-refractivity contribution is 6.01. The lowest BCUT2D eigenvalue weighted by atomic mass is 10.1. The number of hydrogen-bond acceptors (Lipinski definition) is 3. The highest BCUT2D eigenvalue weighted by Crippen LogP contribution is 2.28. The predicted octanol–water partition coefficient (Wildman–Crippen LogP) is 2.29. The van der Waals surface area contributed by atoms with E-state index >= 15 is 0 Å². The molecule has 1 aromatic carbocycles. The van der Waals surface area contributed by atoms with Crippen LogP contribution in [0.15, 0.2) is 24.3 Å². The molecule has 23 heavy (non-hydrogen) atoms. The summed E-state index contributed by atoms with van der Waals surface area (Å²) in [4.78, 5) is 26.5. The van der Waals surface area contributed by atoms with Crippen molar-refractivity contribution in [1.29, 1.82) is 0 Å². The van der Waals surface area contributed by atoms with E-state index in [1.54, 1.807) is 11.8 Å². The molecule has 0 spiro atoms. The van der Waals surface area contributed by atoms with Crippen LogP contribution in [0.5, 0.6) is 0 Å². The van der Waals surface area contributed by atoms with Crippen LogP contribution in [-0.2, 0) is 20.7 Å². The SMILES string of the molecule is CCOCCCNC(=O)[C@@H](C)N1C(=O)CCCc2ccccc21. The van der Waals surface area contributed by atoms with E-state index in [2.05, 4.69) is 5.32 Å². The number of amides is 2. The summed E-state index contributed by atoms with van der Waals surface area (Å²) in [6.07, 6.45) is 2.96. The molecular weight excluding hydrogens is 292 g/mol. The summed E-state index contributed by atoms with van der Waals surface area (Å²) in [6.45, 7) is 5.62. The molecule has 5 heteroatoms. The molecule has 2 amide bonds. The zero-order valence-electron chi connectivity index (χ0n) is 14.0. The maximum atomic E-state index is 12.5. The van der Waals surface area contributed by atoms with E-state index in [9.17, 15) is 9.59 Å². The molecule has 1 N–H and O–H groups in total. The van der Waals surface area contributed by atoms with Gasteiger partial charge in [0.05, 0.1) is 0 Å². The maximum Gasteiger partial charge on any atom is 0.242 e. The molecule has 1 aromatic rings. The minimum absolute atomic E-state index is 0.0203. The smallest absolute Gasteiger partial charge is 0.242 e. The number of rotatable bonds is 7. The van der Waals surface area contributed by atoms with Gasteiger partial charge in [-0.05, 0) is 44.7 Å². The highest BCUT2D eigenvalue weighted by atomic mass is 16.5. The van der Waals surface area contributed by atoms with Crippen LogP contribution in [0, 0.1) is 0 Å². The lowest BCUT2D eigenvalue weighted by Crippen LogP contribution is -2.48. The molecule has 1 atom stereocenters. The molecule has 5 nitrogen and oxygen atoms in total. The molecule has 126 valence electrons. The van der Waals surface area contributed by atoms with Crippen molar-refractivity contribution in [3.05, 3.63) is 29.8 Å². The Morgan fingerprint density at radius 2 is 2.13 bits per heavy atom. The van der Waals surface area contributed by atoms with Crippen LogP contribution in [-0.4, -0.2) is 37.6 Å². The van der Waals surface area contributed by atoms with Gasteiger partial charge in [-0.15, -0.1) is 0 Å². The lowest BCUT2D eigenvalue weighted by molar-refractivity contribution is -0.126. The largest absolute Gasteiger partial charge is 0.382 e. The number of para-hydroxylation sites is 1. The second kappa shape index (κ2) is 8.67. The van der Waals surface area contributed by atoms with Gasteiger partial charge >= 0.3 is 0 Å². The monoisotopic (exact) mass is 318 g/mol. The first kappa shape index (κ1) is 17.5. The number of carbonyl (C=O) groups is 2. The fraction of sp³-hybridized carbons (Fsp3) is 0.556. The third-order valence-corrected chi connectivity index (χ3v) is 4.09. The van der Waals surface area contributed by atoms with Gasteiger partial charge in [-0.25, -0.2) is 0 Å². The minimum atomic E-state index is -0.506. The Balaban J connectivity index is 2.03. The quantitative estimate of drug-likeness (QED) is 0.785. The van der Waals surface area contributed by atoms with Crippen LogP contribution >= 0.6 is 0 Å². The summed E-state index contributed by atoms with van der Waals surface area (Å²) < 4.78 is 5.26. The third-order valence-electron chi connectivity index (χ3n) is 4.09. The normalized spacial score (nSPS) is 15.7. The van der Waals surface area contributed by atoms with E-state index in [4.69, 9.17) is 4.74 Å². The fourth-order valence-corrected chi connectivity index (χ4v) is 2.86. The number of ether oxygens (including phenoxy) is 1. The summed E-state index contributed by atoms with van der Waals surface area (Å²) >= 11 is 0. The number of benzene rings is 1. The number of fused-ring (bicyclic) bond motifs is 1. The average molecular weight is 318 g/mol. The Bertz CT molecular complexity index is 545. The second-order valence-corrected chi connectivity index (χ2v) is 5.76. The molecule has 0 radical (unpaired) electrons. The van der Waals surface area contributed by atoms with E-state index < -0.39 is 6.04 Å². The highest BCUT2D eigenvalue weighted by Gasteiger charge is 2.30. The molecular formula is C18H26N2O3. The van der Waals surface area contributed by atoms with E-state index in [1.807, 2.05) is 31.2 Å². The van der Waals surface area contributed by atoms with Gasteiger partial charge in [-0.2, -0.15) is 0 Å². The van der Waals surface area contributed by atoms with Crippen molar-refractivity contribution in [3.8, 4) is 0 Å². The third kappa shape index (κ3) is 4.55. The van der Waals surface area contributed by atoms with E-state index in [0.717, 1.165) is 30.5 Å². The zero-order chi connectivity index (χ0) is 16.7. The van der Waals surface area contributed by atoms with Crippen molar-refractivity contribution in [2.24, 2.45) is 0 Å². The lowest BCUT2D eigenvalue weighted by Gasteiger charge is -2.28. The molecule has 1 heterocycles. The molecule has 0 saturated heterocycles. The number of anilines is 1. The standard InChI is InChI=1S/C18H26N2O3/c1-3-23-13-7-12-19-18(22)14(2)20-16-10-5-4-8-15(16)9-6-11-17(20)21/h4-5,8,10,14H,3,6-7,9,11-13H2,1-2H3,(H,19,22)/t14-/m1/s1. The van der Waals surface area contributed by atoms with Gasteiger partial charge in [0.2, 0.25) is 11.8 Å². The summed E-state index contributed by atoms with van der Waals surface area (Å²) in [6, 6.07) is 7.35. The van der Waals surface area contributed by atoms with Crippen LogP contribution in [0.2, 0.25) is 0 Å². The minimum Gasteiger partial charge on any atom is -0.382 e. The summed E-state index contributed by atoms with van der Waals surface area (Å²) in [7, 11) is 0. The topological polar surface area (TPSA) is 58.6 Å². The number of carbonyl (C=O) groups excluding carboxylic acids is 2. The van der Waals surface area contributed by atoms with Crippen molar-refractivity contribution < 1.29 is 14.3 Å². The molecule has 1 aliphatic rings. The molecule has 0 bridgehead atoms. The number of aryl methyl sites for hydroxylation is 1. The van der Waals surface area contributed by atoms with Crippen molar-refractivity contribution in [2.75, 3.05) is 24.7 Å². The Morgan fingerprint density at radius 3 is 2.91 bits per heavy atom. The zero-order valence-corrected chi connectivity index (χ0v) is 14.0. The molecule has 1 aliphatic heterocycles. The van der Waals surface area contributed by atoms with Crippen LogP contribution < -0.4 is 10.2 Å². The van der Waals surface area contributed by atoms with Gasteiger partial charge in [0.1, 0.15) is 6.04 Å². The van der Waals surface area contributed by atoms with Gasteiger partial charge in [-0.3, -0.25) is 14.5 Å². The average Bonchev–Trinajstić information content (AvgIpc) is 2.72. The molecule has 0 fully saturated rings. The van der Waals surface area contributed by atoms with E-state index in [0.29, 0.717) is 26.2 Å². The van der Waals surface area contributed by atoms with E-state index in [1.165, 1.54) is 0 Å². The maximum absolute atomic E-state index is 12.5. The second-order valence-electron chi connectivity index (χ2n) is 5.76. The first-order valence-electron chi connectivity index (χ1n) is 8.40. The Hall–Kier alpha value is -1.88. The van der Waals surface area contributed by atoms with Gasteiger partial charge in [0, 0.05) is 31.9 Å². The summed E-state index contributed by atoms with van der Waals surface area (Å²) in [5.74, 6) is -0.0986. The van der Waals surface area contributed by atoms with Crippen molar-refractivity contribution in [1.82, 2.24) is 5.32 Å². The fourth-order valence-electron chi connectivity index (χ4n) is 2.86. The van der Waals surface area contributed by atoms with Crippen LogP contribution in [0.3, 0.4) is 0 Å².